The first-order valence-electron chi connectivity index (χ1n) is 7.92. The van der Waals surface area contributed by atoms with E-state index in [1.807, 2.05) is 13.0 Å². The van der Waals surface area contributed by atoms with Crippen LogP contribution in [0.2, 0.25) is 10.0 Å². The molecule has 0 spiro atoms. The zero-order valence-electron chi connectivity index (χ0n) is 13.6. The number of hydrogen-bond donors (Lipinski definition) is 0. The molecule has 2 rings (SSSR count). The van der Waals surface area contributed by atoms with Crippen LogP contribution >= 0.6 is 23.2 Å². The van der Waals surface area contributed by atoms with E-state index in [0.29, 0.717) is 28.9 Å². The Bertz CT molecular complexity index is 463. The van der Waals surface area contributed by atoms with Crippen LogP contribution in [0.15, 0.2) is 12.1 Å². The Morgan fingerprint density at radius 1 is 1.18 bits per heavy atom. The van der Waals surface area contributed by atoms with Crippen molar-refractivity contribution in [1.82, 2.24) is 4.90 Å². The Morgan fingerprint density at radius 2 is 1.86 bits per heavy atom. The highest BCUT2D eigenvalue weighted by Crippen LogP contribution is 2.31. The fourth-order valence-corrected chi connectivity index (χ4v) is 3.60. The topological polar surface area (TPSA) is 21.7 Å². The number of nitrogens with zero attached hydrogens (tertiary/aromatic N) is 1. The first kappa shape index (κ1) is 17.9. The number of ether oxygens (including phenoxy) is 2. The normalized spacial score (nSPS) is 22.8. The van der Waals surface area contributed by atoms with E-state index in [-0.39, 0.29) is 0 Å². The molecule has 1 aliphatic heterocycles. The van der Waals surface area contributed by atoms with Crippen LogP contribution in [0.4, 0.5) is 0 Å². The van der Waals surface area contributed by atoms with Crippen LogP contribution in [0.3, 0.4) is 0 Å². The van der Waals surface area contributed by atoms with E-state index in [1.165, 1.54) is 0 Å². The van der Waals surface area contributed by atoms with Crippen molar-refractivity contribution in [3.8, 4) is 5.75 Å². The molecule has 2 atom stereocenters. The fourth-order valence-electron chi connectivity index (χ4n) is 2.95. The lowest BCUT2D eigenvalue weighted by atomic mass is 10.2. The summed E-state index contributed by atoms with van der Waals surface area (Å²) >= 11 is 12.1. The summed E-state index contributed by atoms with van der Waals surface area (Å²) in [6, 6.07) is 3.60. The van der Waals surface area contributed by atoms with Crippen LogP contribution in [-0.4, -0.2) is 43.3 Å². The molecule has 1 saturated heterocycles. The van der Waals surface area contributed by atoms with Crippen molar-refractivity contribution in [3.05, 3.63) is 27.7 Å². The first-order chi connectivity index (χ1) is 10.5. The summed E-state index contributed by atoms with van der Waals surface area (Å²) < 4.78 is 11.6. The van der Waals surface area contributed by atoms with E-state index in [9.17, 15) is 0 Å². The van der Waals surface area contributed by atoms with Crippen molar-refractivity contribution < 1.29 is 9.47 Å². The Balaban J connectivity index is 1.69. The van der Waals surface area contributed by atoms with Crippen molar-refractivity contribution in [2.75, 3.05) is 26.2 Å². The van der Waals surface area contributed by atoms with Gasteiger partial charge in [0.25, 0.3) is 0 Å². The van der Waals surface area contributed by atoms with E-state index in [0.717, 1.165) is 43.8 Å². The second kappa shape index (κ2) is 8.39. The molecule has 0 bridgehead atoms. The van der Waals surface area contributed by atoms with Crippen LogP contribution in [0.5, 0.6) is 5.75 Å². The van der Waals surface area contributed by atoms with E-state index < -0.39 is 0 Å². The summed E-state index contributed by atoms with van der Waals surface area (Å²) in [4.78, 5) is 2.47. The maximum Gasteiger partial charge on any atom is 0.140 e. The van der Waals surface area contributed by atoms with E-state index in [2.05, 4.69) is 18.7 Å². The smallest absolute Gasteiger partial charge is 0.140 e. The van der Waals surface area contributed by atoms with Gasteiger partial charge in [-0.1, -0.05) is 23.2 Å². The molecule has 0 saturated carbocycles. The van der Waals surface area contributed by atoms with Crippen LogP contribution in [-0.2, 0) is 4.74 Å². The number of unbranched alkanes of at least 4 members (excludes halogenated alkanes) is 1. The summed E-state index contributed by atoms with van der Waals surface area (Å²) in [5.74, 6) is 0.750. The number of aryl methyl sites for hydroxylation is 1. The molecule has 1 fully saturated rings. The number of morpholine rings is 1. The Kier molecular flexibility index (Phi) is 6.82. The molecule has 3 nitrogen and oxygen atoms in total. The van der Waals surface area contributed by atoms with Crippen LogP contribution in [0, 0.1) is 6.92 Å². The third kappa shape index (κ3) is 5.31. The molecule has 22 heavy (non-hydrogen) atoms. The summed E-state index contributed by atoms with van der Waals surface area (Å²) in [7, 11) is 0. The Morgan fingerprint density at radius 3 is 2.50 bits per heavy atom. The van der Waals surface area contributed by atoms with Gasteiger partial charge in [-0.3, -0.25) is 4.90 Å². The third-order valence-corrected chi connectivity index (χ3v) is 4.30. The largest absolute Gasteiger partial charge is 0.492 e. The summed E-state index contributed by atoms with van der Waals surface area (Å²) in [5, 5.41) is 1.23. The van der Waals surface area contributed by atoms with Gasteiger partial charge < -0.3 is 9.47 Å². The molecule has 1 aromatic rings. The molecule has 0 N–H and O–H groups in total. The molecule has 1 heterocycles. The highest BCUT2D eigenvalue weighted by atomic mass is 35.5. The van der Waals surface area contributed by atoms with Crippen molar-refractivity contribution >= 4 is 23.2 Å². The predicted octanol–water partition coefficient (Wildman–Crippen LogP) is 4.57. The zero-order valence-corrected chi connectivity index (χ0v) is 15.1. The first-order valence-corrected chi connectivity index (χ1v) is 8.67. The molecule has 0 aliphatic carbocycles. The lowest BCUT2D eigenvalue weighted by Gasteiger charge is -2.35. The minimum absolute atomic E-state index is 0.329. The number of hydrogen-bond acceptors (Lipinski definition) is 3. The summed E-state index contributed by atoms with van der Waals surface area (Å²) in [6.45, 7) is 10.0. The van der Waals surface area contributed by atoms with Gasteiger partial charge in [-0.2, -0.15) is 0 Å². The Labute approximate surface area is 143 Å². The number of halogens is 2. The van der Waals surface area contributed by atoms with Gasteiger partial charge in [0.1, 0.15) is 5.75 Å². The number of rotatable bonds is 6. The third-order valence-electron chi connectivity index (χ3n) is 3.80. The summed E-state index contributed by atoms with van der Waals surface area (Å²) in [6.07, 6.45) is 2.79. The average molecular weight is 346 g/mol. The maximum absolute atomic E-state index is 6.17. The lowest BCUT2D eigenvalue weighted by molar-refractivity contribution is -0.0682. The van der Waals surface area contributed by atoms with Crippen molar-refractivity contribution in [1.29, 1.82) is 0 Å². The van der Waals surface area contributed by atoms with Crippen LogP contribution in [0.25, 0.3) is 0 Å². The SMILES string of the molecule is Cc1cc(Cl)cc(Cl)c1OCCCCN1C[C@@H](C)O[C@H](C)C1. The molecule has 0 radical (unpaired) electrons. The Hall–Kier alpha value is -0.480. The second-order valence-electron chi connectivity index (χ2n) is 6.11. The van der Waals surface area contributed by atoms with E-state index >= 15 is 0 Å². The lowest BCUT2D eigenvalue weighted by Crippen LogP contribution is -2.45. The standard InChI is InChI=1S/C17H25Cl2NO2/c1-12-8-15(18)9-16(19)17(12)21-7-5-4-6-20-10-13(2)22-14(3)11-20/h8-9,13-14H,4-7,10-11H2,1-3H3/t13-,14-/m1/s1. The molecule has 124 valence electrons. The van der Waals surface area contributed by atoms with Gasteiger partial charge >= 0.3 is 0 Å². The highest BCUT2D eigenvalue weighted by Gasteiger charge is 2.21. The molecular weight excluding hydrogens is 321 g/mol. The van der Waals surface area contributed by atoms with Crippen molar-refractivity contribution in [3.63, 3.8) is 0 Å². The monoisotopic (exact) mass is 345 g/mol. The minimum atomic E-state index is 0.329. The van der Waals surface area contributed by atoms with Crippen molar-refractivity contribution in [2.24, 2.45) is 0 Å². The quantitative estimate of drug-likeness (QED) is 0.705. The van der Waals surface area contributed by atoms with Gasteiger partial charge in [-0.05, 0) is 57.9 Å². The maximum atomic E-state index is 6.17. The van der Waals surface area contributed by atoms with Gasteiger partial charge in [0, 0.05) is 18.1 Å². The summed E-state index contributed by atoms with van der Waals surface area (Å²) in [5.41, 5.74) is 0.980. The van der Waals surface area contributed by atoms with Gasteiger partial charge in [0.15, 0.2) is 0 Å². The zero-order chi connectivity index (χ0) is 16.1. The fraction of sp³-hybridized carbons (Fsp3) is 0.647. The molecule has 0 aromatic heterocycles. The average Bonchev–Trinajstić information content (AvgIpc) is 2.39. The van der Waals surface area contributed by atoms with E-state index in [4.69, 9.17) is 32.7 Å². The van der Waals surface area contributed by atoms with Gasteiger partial charge in [0.05, 0.1) is 23.8 Å². The van der Waals surface area contributed by atoms with Gasteiger partial charge in [0.2, 0.25) is 0 Å². The van der Waals surface area contributed by atoms with Crippen LogP contribution < -0.4 is 4.74 Å². The van der Waals surface area contributed by atoms with Gasteiger partial charge in [-0.25, -0.2) is 0 Å². The van der Waals surface area contributed by atoms with Crippen molar-refractivity contribution in [2.45, 2.75) is 45.8 Å². The minimum Gasteiger partial charge on any atom is -0.492 e. The molecule has 0 amide bonds. The second-order valence-corrected chi connectivity index (χ2v) is 6.95. The number of benzene rings is 1. The molecule has 1 aromatic carbocycles. The highest BCUT2D eigenvalue weighted by molar-refractivity contribution is 6.35. The van der Waals surface area contributed by atoms with E-state index in [1.54, 1.807) is 6.07 Å². The molecule has 5 heteroatoms. The molecule has 0 unspecified atom stereocenters. The van der Waals surface area contributed by atoms with Gasteiger partial charge in [-0.15, -0.1) is 0 Å². The molecule has 1 aliphatic rings. The van der Waals surface area contributed by atoms with Crippen LogP contribution in [0.1, 0.15) is 32.3 Å². The molecular formula is C17H25Cl2NO2. The predicted molar refractivity (Wildman–Crippen MR) is 92.4 cm³/mol.